The number of hydrogen-bond acceptors (Lipinski definition) is 3. The molecule has 24 heavy (non-hydrogen) atoms. The molecule has 0 fully saturated rings. The summed E-state index contributed by atoms with van der Waals surface area (Å²) in [4.78, 5) is 25.2. The van der Waals surface area contributed by atoms with Crippen molar-refractivity contribution in [3.63, 3.8) is 0 Å². The quantitative estimate of drug-likeness (QED) is 0.445. The van der Waals surface area contributed by atoms with E-state index < -0.39 is 0 Å². The Kier molecular flexibility index (Phi) is 2.29. The highest BCUT2D eigenvalue weighted by Crippen LogP contribution is 2.42. The maximum Gasteiger partial charge on any atom is 0.187 e. The fourth-order valence-electron chi connectivity index (χ4n) is 3.84. The van der Waals surface area contributed by atoms with Gasteiger partial charge < -0.3 is 0 Å². The van der Waals surface area contributed by atoms with E-state index in [4.69, 9.17) is 0 Å². The number of aromatic nitrogens is 2. The van der Waals surface area contributed by atoms with Crippen LogP contribution in [0.3, 0.4) is 0 Å². The lowest BCUT2D eigenvalue weighted by atomic mass is 9.88. The Bertz CT molecular complexity index is 1410. The second kappa shape index (κ2) is 4.17. The summed E-state index contributed by atoms with van der Waals surface area (Å²) in [6, 6.07) is 10.6. The number of benzene rings is 5. The van der Waals surface area contributed by atoms with Gasteiger partial charge in [-0.2, -0.15) is 5.10 Å². The normalized spacial score (nSPS) is 12.0. The molecule has 4 heteroatoms. The SMILES string of the molecule is C=C(C)n1ncc2c3c4ccccc4c(c4c(=O)ccc(=O)c43)c21. The number of hydrogen-bond donors (Lipinski definition) is 0. The molecule has 0 spiro atoms. The van der Waals surface area contributed by atoms with Crippen LogP contribution >= 0.6 is 0 Å². The topological polar surface area (TPSA) is 52.0 Å². The predicted molar refractivity (Wildman–Crippen MR) is 98.2 cm³/mol. The van der Waals surface area contributed by atoms with E-state index in [0.717, 1.165) is 38.1 Å². The van der Waals surface area contributed by atoms with Gasteiger partial charge in [-0.3, -0.25) is 9.59 Å². The molecule has 0 aliphatic heterocycles. The zero-order valence-electron chi connectivity index (χ0n) is 13.0. The molecule has 0 radical (unpaired) electrons. The van der Waals surface area contributed by atoms with E-state index in [0.29, 0.717) is 10.8 Å². The lowest BCUT2D eigenvalue weighted by Gasteiger charge is -2.15. The molecular formula is C20H12N2O2. The molecule has 2 bridgehead atoms. The first-order valence-corrected chi connectivity index (χ1v) is 7.69. The van der Waals surface area contributed by atoms with Gasteiger partial charge in [-0.25, -0.2) is 4.68 Å². The van der Waals surface area contributed by atoms with Crippen LogP contribution in [-0.2, 0) is 0 Å². The van der Waals surface area contributed by atoms with Crippen molar-refractivity contribution in [2.24, 2.45) is 0 Å². The van der Waals surface area contributed by atoms with Gasteiger partial charge in [0.1, 0.15) is 0 Å². The summed E-state index contributed by atoms with van der Waals surface area (Å²) in [5.41, 5.74) is 1.36. The van der Waals surface area contributed by atoms with Gasteiger partial charge >= 0.3 is 0 Å². The van der Waals surface area contributed by atoms with Crippen LogP contribution in [0.1, 0.15) is 6.92 Å². The average Bonchev–Trinajstić information content (AvgIpc) is 3.03. The van der Waals surface area contributed by atoms with Crippen LogP contribution in [0, 0.1) is 0 Å². The third-order valence-corrected chi connectivity index (χ3v) is 4.73. The van der Waals surface area contributed by atoms with Crippen molar-refractivity contribution >= 4 is 48.9 Å². The highest BCUT2D eigenvalue weighted by Gasteiger charge is 2.23. The van der Waals surface area contributed by atoms with Crippen molar-refractivity contribution in [3.05, 3.63) is 69.6 Å². The first-order valence-electron chi connectivity index (χ1n) is 7.69. The first kappa shape index (κ1) is 13.2. The van der Waals surface area contributed by atoms with E-state index in [9.17, 15) is 9.59 Å². The zero-order chi connectivity index (χ0) is 16.6. The Hall–Kier alpha value is -3.27. The Labute approximate surface area is 135 Å². The lowest BCUT2D eigenvalue weighted by molar-refractivity contribution is 0.931. The van der Waals surface area contributed by atoms with Crippen LogP contribution in [0.25, 0.3) is 48.9 Å². The van der Waals surface area contributed by atoms with E-state index >= 15 is 0 Å². The van der Waals surface area contributed by atoms with Crippen molar-refractivity contribution in [3.8, 4) is 0 Å². The zero-order valence-corrected chi connectivity index (χ0v) is 13.0. The summed E-state index contributed by atoms with van der Waals surface area (Å²) in [7, 11) is 0. The summed E-state index contributed by atoms with van der Waals surface area (Å²) in [5, 5.41) is 9.87. The number of rotatable bonds is 1. The third kappa shape index (κ3) is 1.36. The summed E-state index contributed by atoms with van der Waals surface area (Å²) >= 11 is 0. The van der Waals surface area contributed by atoms with Crippen molar-refractivity contribution in [2.75, 3.05) is 0 Å². The van der Waals surface area contributed by atoms with Crippen molar-refractivity contribution < 1.29 is 0 Å². The highest BCUT2D eigenvalue weighted by molar-refractivity contribution is 6.39. The molecule has 0 saturated heterocycles. The molecule has 0 unspecified atom stereocenters. The van der Waals surface area contributed by atoms with E-state index in [1.165, 1.54) is 12.1 Å². The molecule has 6 rings (SSSR count). The molecule has 114 valence electrons. The van der Waals surface area contributed by atoms with Crippen molar-refractivity contribution in [1.29, 1.82) is 0 Å². The molecular weight excluding hydrogens is 300 g/mol. The maximum atomic E-state index is 12.6. The smallest absolute Gasteiger partial charge is 0.187 e. The monoisotopic (exact) mass is 312 g/mol. The maximum absolute atomic E-state index is 12.6. The van der Waals surface area contributed by atoms with E-state index in [1.807, 2.05) is 31.2 Å². The van der Waals surface area contributed by atoms with Gasteiger partial charge in [0.15, 0.2) is 10.9 Å². The van der Waals surface area contributed by atoms with E-state index in [-0.39, 0.29) is 10.9 Å². The summed E-state index contributed by atoms with van der Waals surface area (Å²) in [6.45, 7) is 5.85. The molecule has 6 aromatic rings. The third-order valence-electron chi connectivity index (χ3n) is 4.73. The van der Waals surface area contributed by atoms with Gasteiger partial charge in [0.05, 0.1) is 11.7 Å². The van der Waals surface area contributed by atoms with E-state index in [1.54, 1.807) is 10.9 Å². The molecule has 0 N–H and O–H groups in total. The molecule has 0 aliphatic carbocycles. The fraction of sp³-hybridized carbons (Fsp3) is 0.0500. The van der Waals surface area contributed by atoms with Gasteiger partial charge in [-0.1, -0.05) is 30.8 Å². The number of allylic oxidation sites excluding steroid dienone is 1. The highest BCUT2D eigenvalue weighted by atomic mass is 16.1. The van der Waals surface area contributed by atoms with Crippen LogP contribution in [0.2, 0.25) is 0 Å². The Balaban J connectivity index is 2.35. The lowest BCUT2D eigenvalue weighted by Crippen LogP contribution is -2.12. The molecule has 5 aromatic carbocycles. The fourth-order valence-corrected chi connectivity index (χ4v) is 3.84. The van der Waals surface area contributed by atoms with Gasteiger partial charge in [0.25, 0.3) is 0 Å². The average molecular weight is 312 g/mol. The van der Waals surface area contributed by atoms with Crippen LogP contribution in [0.15, 0.2) is 58.8 Å². The van der Waals surface area contributed by atoms with E-state index in [2.05, 4.69) is 11.7 Å². The second-order valence-electron chi connectivity index (χ2n) is 6.16. The van der Waals surface area contributed by atoms with Crippen LogP contribution in [0.5, 0.6) is 0 Å². The molecule has 0 amide bonds. The Morgan fingerprint density at radius 3 is 2.08 bits per heavy atom. The van der Waals surface area contributed by atoms with Gasteiger partial charge in [-0.05, 0) is 29.8 Å². The van der Waals surface area contributed by atoms with Crippen LogP contribution in [-0.4, -0.2) is 9.78 Å². The second-order valence-corrected chi connectivity index (χ2v) is 6.16. The largest absolute Gasteiger partial charge is 0.289 e. The number of nitrogens with zero attached hydrogens (tertiary/aromatic N) is 2. The molecule has 0 aliphatic rings. The molecule has 1 aromatic heterocycles. The Morgan fingerprint density at radius 2 is 1.46 bits per heavy atom. The van der Waals surface area contributed by atoms with Gasteiger partial charge in [0.2, 0.25) is 0 Å². The summed E-state index contributed by atoms with van der Waals surface area (Å²) in [6.07, 6.45) is 1.76. The Morgan fingerprint density at radius 1 is 0.875 bits per heavy atom. The first-order chi connectivity index (χ1) is 11.6. The minimum atomic E-state index is -0.133. The van der Waals surface area contributed by atoms with Crippen LogP contribution in [0.4, 0.5) is 0 Å². The van der Waals surface area contributed by atoms with Crippen LogP contribution < -0.4 is 10.9 Å². The standard InChI is InChI=1S/C20H12N2O2/c1-10(2)22-20-13(9-21-22)16-11-5-3-4-6-12(11)17(20)19-15(24)8-7-14(23)18(16)19/h3-9H,1H2,2H3. The summed E-state index contributed by atoms with van der Waals surface area (Å²) < 4.78 is 1.75. The van der Waals surface area contributed by atoms with Crippen molar-refractivity contribution in [1.82, 2.24) is 9.78 Å². The van der Waals surface area contributed by atoms with Crippen molar-refractivity contribution in [2.45, 2.75) is 6.92 Å². The molecule has 0 atom stereocenters. The van der Waals surface area contributed by atoms with Gasteiger partial charge in [-0.15, -0.1) is 0 Å². The predicted octanol–water partition coefficient (Wildman–Crippen LogP) is 3.58. The molecule has 0 saturated carbocycles. The molecule has 4 nitrogen and oxygen atoms in total. The minimum absolute atomic E-state index is 0.125. The van der Waals surface area contributed by atoms with Gasteiger partial charge in [0, 0.05) is 32.6 Å². The summed E-state index contributed by atoms with van der Waals surface area (Å²) in [5.74, 6) is 0. The molecule has 1 heterocycles. The minimum Gasteiger partial charge on any atom is -0.289 e.